The van der Waals surface area contributed by atoms with E-state index < -0.39 is 43.8 Å². The van der Waals surface area contributed by atoms with Crippen molar-refractivity contribution in [1.29, 1.82) is 0 Å². The van der Waals surface area contributed by atoms with Gasteiger partial charge in [-0.25, -0.2) is 26.4 Å². The number of hydrogen-bond donors (Lipinski definition) is 2. The molecule has 1 saturated heterocycles. The summed E-state index contributed by atoms with van der Waals surface area (Å²) in [6.45, 7) is 1.72. The second-order valence-corrected chi connectivity index (χ2v) is 9.94. The minimum atomic E-state index is -4.07. The third kappa shape index (κ3) is 4.37. The van der Waals surface area contributed by atoms with E-state index in [0.29, 0.717) is 5.39 Å². The number of hydrogen-bond acceptors (Lipinski definition) is 7. The molecule has 0 unspecified atom stereocenters. The Balaban J connectivity index is 1.90. The van der Waals surface area contributed by atoms with Crippen molar-refractivity contribution >= 4 is 36.9 Å². The molecule has 2 N–H and O–H groups in total. The number of nitrogens with zero attached hydrogens (tertiary/aromatic N) is 1. The van der Waals surface area contributed by atoms with Gasteiger partial charge in [-0.3, -0.25) is 4.98 Å². The smallest absolute Gasteiger partial charge is 0.407 e. The molecule has 2 atom stereocenters. The molecule has 11 heteroatoms. The number of alkyl carbamates (subject to hydrolysis) is 1. The number of aromatic nitrogens is 1. The van der Waals surface area contributed by atoms with Crippen LogP contribution in [0.4, 0.5) is 4.79 Å². The first kappa shape index (κ1) is 19.5. The number of para-hydroxylation sites is 1. The van der Waals surface area contributed by atoms with E-state index in [9.17, 15) is 21.6 Å². The van der Waals surface area contributed by atoms with Crippen molar-refractivity contribution in [3.05, 3.63) is 36.5 Å². The van der Waals surface area contributed by atoms with E-state index in [1.165, 1.54) is 12.3 Å². The van der Waals surface area contributed by atoms with Crippen molar-refractivity contribution in [3.63, 3.8) is 0 Å². The summed E-state index contributed by atoms with van der Waals surface area (Å²) < 4.78 is 56.9. The normalized spacial score (nSPS) is 21.8. The van der Waals surface area contributed by atoms with Crippen molar-refractivity contribution < 1.29 is 26.4 Å². The molecule has 0 spiro atoms. The molecule has 2 heterocycles. The fourth-order valence-electron chi connectivity index (χ4n) is 2.99. The van der Waals surface area contributed by atoms with Crippen LogP contribution in [0, 0.1) is 0 Å². The van der Waals surface area contributed by atoms with Crippen LogP contribution in [-0.4, -0.2) is 58.1 Å². The van der Waals surface area contributed by atoms with Crippen LogP contribution in [0.15, 0.2) is 41.4 Å². The Hall–Kier alpha value is -2.24. The van der Waals surface area contributed by atoms with Crippen LogP contribution >= 0.6 is 0 Å². The second-order valence-electron chi connectivity index (χ2n) is 6.11. The van der Waals surface area contributed by atoms with Crippen molar-refractivity contribution in [1.82, 2.24) is 15.0 Å². The lowest BCUT2D eigenvalue weighted by Crippen LogP contribution is -2.51. The van der Waals surface area contributed by atoms with Gasteiger partial charge in [0.2, 0.25) is 10.0 Å². The summed E-state index contributed by atoms with van der Waals surface area (Å²) in [5.41, 5.74) is 0.281. The molecule has 3 rings (SSSR count). The molecule has 0 bridgehead atoms. The van der Waals surface area contributed by atoms with Gasteiger partial charge in [0.15, 0.2) is 9.84 Å². The van der Waals surface area contributed by atoms with Gasteiger partial charge in [0.25, 0.3) is 0 Å². The zero-order chi connectivity index (χ0) is 19.7. The van der Waals surface area contributed by atoms with E-state index in [2.05, 4.69) is 15.0 Å². The standard InChI is InChI=1S/C16H19N3O6S2/c1-2-25-16(20)18-12-9-26(21,22)10-13(12)19-27(23,24)14-7-3-5-11-6-4-8-17-15(11)14/h3-8,12-13,19H,2,9-10H2,1H3,(H,18,20)/t12-,13+/m0/s1. The number of fused-ring (bicyclic) bond motifs is 1. The number of nitrogens with one attached hydrogen (secondary N) is 2. The van der Waals surface area contributed by atoms with Crippen LogP contribution in [0.5, 0.6) is 0 Å². The molecular weight excluding hydrogens is 394 g/mol. The molecule has 1 aliphatic rings. The first-order valence-electron chi connectivity index (χ1n) is 8.21. The molecular formula is C16H19N3O6S2. The third-order valence-corrected chi connectivity index (χ3v) is 7.38. The van der Waals surface area contributed by atoms with Crippen LogP contribution in [0.1, 0.15) is 6.92 Å². The van der Waals surface area contributed by atoms with Gasteiger partial charge in [-0.1, -0.05) is 18.2 Å². The first-order valence-corrected chi connectivity index (χ1v) is 11.5. The molecule has 1 aromatic carbocycles. The van der Waals surface area contributed by atoms with Crippen molar-refractivity contribution in [2.24, 2.45) is 0 Å². The highest BCUT2D eigenvalue weighted by atomic mass is 32.2. The Morgan fingerprint density at radius 2 is 1.93 bits per heavy atom. The van der Waals surface area contributed by atoms with Crippen LogP contribution in [0.2, 0.25) is 0 Å². The summed E-state index contributed by atoms with van der Waals surface area (Å²) in [6.07, 6.45) is 0.683. The minimum absolute atomic E-state index is 0.0558. The number of carbonyl (C=O) groups is 1. The summed E-state index contributed by atoms with van der Waals surface area (Å²) in [5, 5.41) is 3.05. The van der Waals surface area contributed by atoms with Gasteiger partial charge in [0, 0.05) is 11.6 Å². The van der Waals surface area contributed by atoms with Gasteiger partial charge in [0.05, 0.1) is 35.7 Å². The molecule has 0 radical (unpaired) electrons. The summed E-state index contributed by atoms with van der Waals surface area (Å²) >= 11 is 0. The third-order valence-electron chi connectivity index (χ3n) is 4.12. The Kier molecular flexibility index (Phi) is 5.36. The SMILES string of the molecule is CCOC(=O)N[C@H]1CS(=O)(=O)C[C@H]1NS(=O)(=O)c1cccc2cccnc12. The molecule has 0 aliphatic carbocycles. The highest BCUT2D eigenvalue weighted by Gasteiger charge is 2.41. The zero-order valence-corrected chi connectivity index (χ0v) is 16.1. The zero-order valence-electron chi connectivity index (χ0n) is 14.5. The largest absolute Gasteiger partial charge is 0.450 e. The van der Waals surface area contributed by atoms with E-state index in [1.54, 1.807) is 31.2 Å². The van der Waals surface area contributed by atoms with Crippen LogP contribution < -0.4 is 10.0 Å². The molecule has 9 nitrogen and oxygen atoms in total. The number of ether oxygens (including phenoxy) is 1. The number of benzene rings is 1. The maximum absolute atomic E-state index is 12.9. The number of sulfone groups is 1. The van der Waals surface area contributed by atoms with Crippen molar-refractivity contribution in [2.75, 3.05) is 18.1 Å². The van der Waals surface area contributed by atoms with E-state index in [1.807, 2.05) is 0 Å². The number of amides is 1. The Morgan fingerprint density at radius 1 is 1.22 bits per heavy atom. The van der Waals surface area contributed by atoms with Gasteiger partial charge in [-0.15, -0.1) is 0 Å². The van der Waals surface area contributed by atoms with Gasteiger partial charge < -0.3 is 10.1 Å². The lowest BCUT2D eigenvalue weighted by molar-refractivity contribution is 0.148. The lowest BCUT2D eigenvalue weighted by atomic mass is 10.2. The van der Waals surface area contributed by atoms with Gasteiger partial charge >= 0.3 is 6.09 Å². The van der Waals surface area contributed by atoms with E-state index in [4.69, 9.17) is 4.74 Å². The molecule has 1 aromatic heterocycles. The molecule has 1 fully saturated rings. The highest BCUT2D eigenvalue weighted by Crippen LogP contribution is 2.22. The van der Waals surface area contributed by atoms with Crippen LogP contribution in [-0.2, 0) is 24.6 Å². The molecule has 1 amide bonds. The highest BCUT2D eigenvalue weighted by molar-refractivity contribution is 7.92. The predicted molar refractivity (Wildman–Crippen MR) is 98.5 cm³/mol. The van der Waals surface area contributed by atoms with Gasteiger partial charge in [-0.05, 0) is 19.1 Å². The van der Waals surface area contributed by atoms with E-state index in [0.717, 1.165) is 0 Å². The van der Waals surface area contributed by atoms with Crippen LogP contribution in [0.25, 0.3) is 10.9 Å². The van der Waals surface area contributed by atoms with Gasteiger partial charge in [-0.2, -0.15) is 0 Å². The Bertz CT molecular complexity index is 1060. The number of carbonyl (C=O) groups excluding carboxylic acids is 1. The monoisotopic (exact) mass is 413 g/mol. The molecule has 1 aliphatic heterocycles. The first-order chi connectivity index (χ1) is 12.7. The summed E-state index contributed by atoms with van der Waals surface area (Å²) in [6, 6.07) is 6.19. The van der Waals surface area contributed by atoms with Gasteiger partial charge in [0.1, 0.15) is 4.90 Å². The summed E-state index contributed by atoms with van der Waals surface area (Å²) in [5.74, 6) is -0.783. The predicted octanol–water partition coefficient (Wildman–Crippen LogP) is 0.425. The maximum atomic E-state index is 12.9. The Labute approximate surface area is 157 Å². The minimum Gasteiger partial charge on any atom is -0.450 e. The fourth-order valence-corrected chi connectivity index (χ4v) is 6.41. The summed E-state index contributed by atoms with van der Waals surface area (Å²) in [7, 11) is -7.59. The Morgan fingerprint density at radius 3 is 2.67 bits per heavy atom. The second kappa shape index (κ2) is 7.41. The lowest BCUT2D eigenvalue weighted by Gasteiger charge is -2.20. The molecule has 146 valence electrons. The summed E-state index contributed by atoms with van der Waals surface area (Å²) in [4.78, 5) is 15.7. The topological polar surface area (TPSA) is 132 Å². The quantitative estimate of drug-likeness (QED) is 0.726. The fraction of sp³-hybridized carbons (Fsp3) is 0.375. The van der Waals surface area contributed by atoms with Crippen LogP contribution in [0.3, 0.4) is 0 Å². The number of rotatable bonds is 5. The van der Waals surface area contributed by atoms with Crippen molar-refractivity contribution in [3.8, 4) is 0 Å². The average molecular weight is 413 g/mol. The van der Waals surface area contributed by atoms with E-state index >= 15 is 0 Å². The van der Waals surface area contributed by atoms with Crippen molar-refractivity contribution in [2.45, 2.75) is 23.9 Å². The molecule has 0 saturated carbocycles. The average Bonchev–Trinajstić information content (AvgIpc) is 2.87. The maximum Gasteiger partial charge on any atom is 0.407 e. The molecule has 27 heavy (non-hydrogen) atoms. The number of pyridine rings is 1. The van der Waals surface area contributed by atoms with E-state index in [-0.39, 0.29) is 22.8 Å². The number of sulfonamides is 1. The molecule has 2 aromatic rings.